The van der Waals surface area contributed by atoms with E-state index in [0.717, 1.165) is 48.2 Å². The highest BCUT2D eigenvalue weighted by molar-refractivity contribution is 7.99. The number of hydrogen-bond donors (Lipinski definition) is 0. The summed E-state index contributed by atoms with van der Waals surface area (Å²) in [6.45, 7) is 11.9. The molecular formula is C26H37F2NOS. The highest BCUT2D eigenvalue weighted by Crippen LogP contribution is 2.29. The van der Waals surface area contributed by atoms with Gasteiger partial charge in [0.05, 0.1) is 0 Å². The molecule has 1 fully saturated rings. The fourth-order valence-electron chi connectivity index (χ4n) is 3.24. The molecule has 1 amide bonds. The summed E-state index contributed by atoms with van der Waals surface area (Å²) in [5, 5.41) is 0. The first-order chi connectivity index (χ1) is 15.0. The van der Waals surface area contributed by atoms with E-state index >= 15 is 0 Å². The van der Waals surface area contributed by atoms with Gasteiger partial charge in [-0.3, -0.25) is 4.79 Å². The fraction of sp³-hybridized carbons (Fsp3) is 0.500. The van der Waals surface area contributed by atoms with E-state index in [1.807, 2.05) is 49.9 Å². The van der Waals surface area contributed by atoms with Crippen LogP contribution in [-0.2, 0) is 4.79 Å². The summed E-state index contributed by atoms with van der Waals surface area (Å²) in [7, 11) is 0. The zero-order valence-corrected chi connectivity index (χ0v) is 20.4. The molecule has 0 radical (unpaired) electrons. The second-order valence-electron chi connectivity index (χ2n) is 7.34. The summed E-state index contributed by atoms with van der Waals surface area (Å²) < 4.78 is 26.9. The Morgan fingerprint density at radius 1 is 1.00 bits per heavy atom. The van der Waals surface area contributed by atoms with Gasteiger partial charge in [0.2, 0.25) is 5.91 Å². The highest BCUT2D eigenvalue weighted by atomic mass is 32.2. The number of nitrogens with zero attached hydrogens (tertiary/aromatic N) is 1. The first-order valence-electron chi connectivity index (χ1n) is 11.4. The minimum atomic E-state index is -0.565. The van der Waals surface area contributed by atoms with Gasteiger partial charge < -0.3 is 4.90 Å². The maximum absolute atomic E-state index is 13.9. The zero-order chi connectivity index (χ0) is 23.2. The van der Waals surface area contributed by atoms with Gasteiger partial charge in [0, 0.05) is 41.8 Å². The number of rotatable bonds is 5. The third-order valence-electron chi connectivity index (χ3n) is 4.85. The van der Waals surface area contributed by atoms with Crippen LogP contribution < -0.4 is 0 Å². The van der Waals surface area contributed by atoms with Gasteiger partial charge >= 0.3 is 0 Å². The first-order valence-corrected chi connectivity index (χ1v) is 12.4. The molecular weight excluding hydrogens is 412 g/mol. The molecule has 0 saturated carbocycles. The summed E-state index contributed by atoms with van der Waals surface area (Å²) in [5.41, 5.74) is 1.16. The van der Waals surface area contributed by atoms with Gasteiger partial charge in [-0.05, 0) is 48.6 Å². The standard InChI is InChI=1S/C21H23F2NOS.C3H8.C2H6/c1-2-21(25)24-11-9-15(10-12-24)14-26-18-6-3-16(4-7-18)19-8-5-17(22)13-20(19)23;1-3-2;1-2/h3-8,13,15H,2,9-12,14H2,1H3;3H2,1-2H3;1-2H3. The molecule has 1 aliphatic heterocycles. The van der Waals surface area contributed by atoms with Crippen molar-refractivity contribution in [3.63, 3.8) is 0 Å². The third-order valence-corrected chi connectivity index (χ3v) is 6.10. The van der Waals surface area contributed by atoms with E-state index in [0.29, 0.717) is 17.9 Å². The molecule has 0 atom stereocenters. The van der Waals surface area contributed by atoms with E-state index < -0.39 is 11.6 Å². The number of amides is 1. The summed E-state index contributed by atoms with van der Waals surface area (Å²) in [4.78, 5) is 14.8. The van der Waals surface area contributed by atoms with Crippen molar-refractivity contribution < 1.29 is 13.6 Å². The average Bonchev–Trinajstić information content (AvgIpc) is 2.80. The maximum Gasteiger partial charge on any atom is 0.222 e. The molecule has 2 nitrogen and oxygen atoms in total. The number of halogens is 2. The Balaban J connectivity index is 0.000000884. The molecule has 1 aliphatic rings. The van der Waals surface area contributed by atoms with E-state index in [2.05, 4.69) is 13.8 Å². The van der Waals surface area contributed by atoms with Crippen LogP contribution in [0.5, 0.6) is 0 Å². The Hall–Kier alpha value is -1.88. The second-order valence-corrected chi connectivity index (χ2v) is 8.44. The highest BCUT2D eigenvalue weighted by Gasteiger charge is 2.21. The Morgan fingerprint density at radius 3 is 2.10 bits per heavy atom. The van der Waals surface area contributed by atoms with Crippen molar-refractivity contribution in [3.05, 3.63) is 54.1 Å². The van der Waals surface area contributed by atoms with Crippen LogP contribution in [0.2, 0.25) is 0 Å². The van der Waals surface area contributed by atoms with Crippen LogP contribution in [0.4, 0.5) is 8.78 Å². The average molecular weight is 450 g/mol. The normalized spacial score (nSPS) is 13.6. The summed E-state index contributed by atoms with van der Waals surface area (Å²) in [5.74, 6) is 0.789. The van der Waals surface area contributed by atoms with Crippen LogP contribution in [0.15, 0.2) is 47.4 Å². The van der Waals surface area contributed by atoms with E-state index in [1.165, 1.54) is 18.6 Å². The van der Waals surface area contributed by atoms with E-state index in [-0.39, 0.29) is 5.91 Å². The van der Waals surface area contributed by atoms with Gasteiger partial charge in [0.15, 0.2) is 0 Å². The minimum Gasteiger partial charge on any atom is -0.343 e. The predicted octanol–water partition coefficient (Wildman–Crippen LogP) is 7.82. The lowest BCUT2D eigenvalue weighted by Crippen LogP contribution is -2.38. The Morgan fingerprint density at radius 2 is 1.58 bits per heavy atom. The predicted molar refractivity (Wildman–Crippen MR) is 129 cm³/mol. The summed E-state index contributed by atoms with van der Waals surface area (Å²) in [6, 6.07) is 11.4. The van der Waals surface area contributed by atoms with Gasteiger partial charge in [0.1, 0.15) is 11.6 Å². The molecule has 2 aromatic rings. The zero-order valence-electron chi connectivity index (χ0n) is 19.6. The number of carbonyl (C=O) groups excluding carboxylic acids is 1. The van der Waals surface area contributed by atoms with Crippen molar-refractivity contribution in [1.29, 1.82) is 0 Å². The van der Waals surface area contributed by atoms with Crippen molar-refractivity contribution >= 4 is 17.7 Å². The molecule has 3 rings (SSSR count). The van der Waals surface area contributed by atoms with Crippen molar-refractivity contribution in [1.82, 2.24) is 4.90 Å². The van der Waals surface area contributed by atoms with Crippen LogP contribution >= 0.6 is 11.8 Å². The van der Waals surface area contributed by atoms with Gasteiger partial charge in [-0.2, -0.15) is 0 Å². The summed E-state index contributed by atoms with van der Waals surface area (Å²) >= 11 is 1.80. The van der Waals surface area contributed by atoms with Crippen molar-refractivity contribution in [2.24, 2.45) is 5.92 Å². The van der Waals surface area contributed by atoms with Crippen molar-refractivity contribution in [2.45, 2.75) is 65.2 Å². The largest absolute Gasteiger partial charge is 0.343 e. The quantitative estimate of drug-likeness (QED) is 0.434. The second kappa shape index (κ2) is 15.0. The van der Waals surface area contributed by atoms with Gasteiger partial charge in [-0.1, -0.05) is 53.2 Å². The lowest BCUT2D eigenvalue weighted by Gasteiger charge is -2.31. The number of benzene rings is 2. The fourth-order valence-corrected chi connectivity index (χ4v) is 4.33. The van der Waals surface area contributed by atoms with Crippen LogP contribution in [0.3, 0.4) is 0 Å². The minimum absolute atomic E-state index is 0.250. The molecule has 0 bridgehead atoms. The van der Waals surface area contributed by atoms with Gasteiger partial charge in [0.25, 0.3) is 0 Å². The van der Waals surface area contributed by atoms with Crippen molar-refractivity contribution in [2.75, 3.05) is 18.8 Å². The topological polar surface area (TPSA) is 20.3 Å². The van der Waals surface area contributed by atoms with Crippen LogP contribution in [-0.4, -0.2) is 29.6 Å². The van der Waals surface area contributed by atoms with Crippen LogP contribution in [0.25, 0.3) is 11.1 Å². The molecule has 5 heteroatoms. The van der Waals surface area contributed by atoms with E-state index in [1.54, 1.807) is 11.8 Å². The van der Waals surface area contributed by atoms with Gasteiger partial charge in [-0.25, -0.2) is 8.78 Å². The van der Waals surface area contributed by atoms with E-state index in [4.69, 9.17) is 0 Å². The molecule has 31 heavy (non-hydrogen) atoms. The smallest absolute Gasteiger partial charge is 0.222 e. The van der Waals surface area contributed by atoms with E-state index in [9.17, 15) is 13.6 Å². The number of carbonyl (C=O) groups is 1. The lowest BCUT2D eigenvalue weighted by atomic mass is 9.99. The number of hydrogen-bond acceptors (Lipinski definition) is 2. The molecule has 0 N–H and O–H groups in total. The molecule has 172 valence electrons. The van der Waals surface area contributed by atoms with Gasteiger partial charge in [-0.15, -0.1) is 11.8 Å². The third kappa shape index (κ3) is 9.02. The molecule has 2 aromatic carbocycles. The number of piperidine rings is 1. The van der Waals surface area contributed by atoms with Crippen LogP contribution in [0, 0.1) is 17.6 Å². The van der Waals surface area contributed by atoms with Crippen molar-refractivity contribution in [3.8, 4) is 11.1 Å². The monoisotopic (exact) mass is 449 g/mol. The Bertz CT molecular complexity index is 771. The molecule has 0 unspecified atom stereocenters. The molecule has 0 spiro atoms. The summed E-state index contributed by atoms with van der Waals surface area (Å²) in [6.07, 6.45) is 3.94. The molecule has 1 saturated heterocycles. The van der Waals surface area contributed by atoms with Crippen LogP contribution in [0.1, 0.15) is 60.3 Å². The number of likely N-dealkylation sites (tertiary alicyclic amines) is 1. The molecule has 1 heterocycles. The maximum atomic E-state index is 13.9. The Kier molecular flexibility index (Phi) is 13.1. The SMILES string of the molecule is CC.CCC.CCC(=O)N1CCC(CSc2ccc(-c3ccc(F)cc3F)cc2)CC1. The molecule has 0 aliphatic carbocycles. The number of thioether (sulfide) groups is 1. The lowest BCUT2D eigenvalue weighted by molar-refractivity contribution is -0.132. The first kappa shape index (κ1) is 27.2. The Labute approximate surface area is 191 Å². The molecule has 0 aromatic heterocycles.